The van der Waals surface area contributed by atoms with Crippen LogP contribution in [0.4, 0.5) is 22.0 Å². The molecule has 196 valence electrons. The Labute approximate surface area is 202 Å². The molecule has 1 fully saturated rings. The summed E-state index contributed by atoms with van der Waals surface area (Å²) in [6.07, 6.45) is -3.92. The second-order valence-electron chi connectivity index (χ2n) is 8.64. The zero-order valence-electron chi connectivity index (χ0n) is 18.9. The maximum absolute atomic E-state index is 14.1. The van der Waals surface area contributed by atoms with Crippen LogP contribution in [0.15, 0.2) is 36.4 Å². The summed E-state index contributed by atoms with van der Waals surface area (Å²) in [5.74, 6) is -7.47. The molecule has 1 saturated heterocycles. The average molecular weight is 517 g/mol. The van der Waals surface area contributed by atoms with Crippen molar-refractivity contribution < 1.29 is 51.6 Å². The summed E-state index contributed by atoms with van der Waals surface area (Å²) in [6, 6.07) is 10.0. The predicted molar refractivity (Wildman–Crippen MR) is 115 cm³/mol. The largest absolute Gasteiger partial charge is 0.505 e. The number of hydrogen-bond acceptors (Lipinski definition) is 5. The summed E-state index contributed by atoms with van der Waals surface area (Å²) in [7, 11) is 0. The number of carbonyl (C=O) groups is 2. The fourth-order valence-electron chi connectivity index (χ4n) is 4.46. The highest BCUT2D eigenvalue weighted by molar-refractivity contribution is 5.73. The average Bonchev–Trinajstić information content (AvgIpc) is 3.18. The van der Waals surface area contributed by atoms with Crippen molar-refractivity contribution in [3.63, 3.8) is 0 Å². The lowest BCUT2D eigenvalue weighted by molar-refractivity contribution is -0.192. The first kappa shape index (κ1) is 27.3. The van der Waals surface area contributed by atoms with E-state index in [1.165, 1.54) is 11.1 Å². The minimum atomic E-state index is -5.08. The predicted octanol–water partition coefficient (Wildman–Crippen LogP) is 4.07. The number of likely N-dealkylation sites (tertiary alicyclic amines) is 1. The third kappa shape index (κ3) is 6.11. The third-order valence-corrected chi connectivity index (χ3v) is 6.36. The summed E-state index contributed by atoms with van der Waals surface area (Å²) in [4.78, 5) is 22.6. The van der Waals surface area contributed by atoms with E-state index in [2.05, 4.69) is 12.1 Å². The molecule has 2 aliphatic rings. The molecule has 1 spiro atoms. The molecule has 1 unspecified atom stereocenters. The Morgan fingerprint density at radius 3 is 2.25 bits per heavy atom. The molecule has 2 aromatic rings. The number of phenolic OH excluding ortho intramolecular Hbond substituents is 1. The van der Waals surface area contributed by atoms with Crippen molar-refractivity contribution in [1.82, 2.24) is 4.90 Å². The van der Waals surface area contributed by atoms with E-state index in [1.807, 2.05) is 17.0 Å². The van der Waals surface area contributed by atoms with Crippen LogP contribution >= 0.6 is 0 Å². The number of benzene rings is 2. The van der Waals surface area contributed by atoms with Crippen molar-refractivity contribution in [3.8, 4) is 5.75 Å². The molecule has 12 heteroatoms. The van der Waals surface area contributed by atoms with Crippen molar-refractivity contribution in [1.29, 1.82) is 0 Å². The molecule has 0 aliphatic carbocycles. The third-order valence-electron chi connectivity index (χ3n) is 6.36. The van der Waals surface area contributed by atoms with Gasteiger partial charge in [0.25, 0.3) is 0 Å². The van der Waals surface area contributed by atoms with Gasteiger partial charge in [-0.1, -0.05) is 24.3 Å². The van der Waals surface area contributed by atoms with E-state index in [-0.39, 0.29) is 24.1 Å². The number of halogens is 5. The number of ether oxygens (including phenoxy) is 1. The topological polar surface area (TPSA) is 107 Å². The molecule has 0 bridgehead atoms. The lowest BCUT2D eigenvalue weighted by Crippen LogP contribution is -2.45. The number of aromatic hydroxyl groups is 1. The number of aliphatic carboxylic acids is 2. The Morgan fingerprint density at radius 2 is 1.67 bits per heavy atom. The van der Waals surface area contributed by atoms with Gasteiger partial charge >= 0.3 is 18.1 Å². The molecule has 2 heterocycles. The molecular formula is C24H24F5NO6. The van der Waals surface area contributed by atoms with Crippen LogP contribution < -0.4 is 0 Å². The van der Waals surface area contributed by atoms with Gasteiger partial charge in [-0.25, -0.2) is 13.6 Å². The number of alkyl halides is 3. The minimum Gasteiger partial charge on any atom is -0.505 e. The maximum atomic E-state index is 14.1. The molecule has 2 aliphatic heterocycles. The normalized spacial score (nSPS) is 17.7. The fraction of sp³-hybridized carbons (Fsp3) is 0.417. The summed E-state index contributed by atoms with van der Waals surface area (Å²) >= 11 is 0. The number of piperidine rings is 1. The molecule has 4 rings (SSSR count). The molecule has 0 saturated carbocycles. The molecule has 7 nitrogen and oxygen atoms in total. The van der Waals surface area contributed by atoms with Gasteiger partial charge in [0.2, 0.25) is 0 Å². The van der Waals surface area contributed by atoms with Gasteiger partial charge in [0.1, 0.15) is 5.82 Å². The van der Waals surface area contributed by atoms with E-state index in [0.717, 1.165) is 25.0 Å². The summed E-state index contributed by atoms with van der Waals surface area (Å²) < 4.78 is 66.0. The second kappa shape index (κ2) is 10.8. The zero-order valence-corrected chi connectivity index (χ0v) is 18.9. The Balaban J connectivity index is 0.000000454. The lowest BCUT2D eigenvalue weighted by atomic mass is 9.83. The summed E-state index contributed by atoms with van der Waals surface area (Å²) in [5.41, 5.74) is 1.69. The zero-order chi connectivity index (χ0) is 26.7. The molecule has 2 aromatic carbocycles. The first-order valence-corrected chi connectivity index (χ1v) is 11.0. The van der Waals surface area contributed by atoms with Crippen LogP contribution in [0.3, 0.4) is 0 Å². The van der Waals surface area contributed by atoms with Crippen LogP contribution in [0.25, 0.3) is 0 Å². The number of hydrogen-bond donors (Lipinski definition) is 3. The van der Waals surface area contributed by atoms with Crippen molar-refractivity contribution >= 4 is 11.9 Å². The van der Waals surface area contributed by atoms with Crippen LogP contribution in [0.5, 0.6) is 5.75 Å². The first-order chi connectivity index (χ1) is 16.8. The van der Waals surface area contributed by atoms with Crippen molar-refractivity contribution in [2.24, 2.45) is 5.92 Å². The molecule has 3 N–H and O–H groups in total. The quantitative estimate of drug-likeness (QED) is 0.514. The monoisotopic (exact) mass is 517 g/mol. The Hall–Kier alpha value is -3.25. The highest BCUT2D eigenvalue weighted by atomic mass is 19.4. The van der Waals surface area contributed by atoms with Gasteiger partial charge in [0.15, 0.2) is 11.6 Å². The van der Waals surface area contributed by atoms with Gasteiger partial charge in [-0.3, -0.25) is 4.79 Å². The highest BCUT2D eigenvalue weighted by Crippen LogP contribution is 2.44. The number of nitrogens with zero attached hydrogens (tertiary/aromatic N) is 1. The van der Waals surface area contributed by atoms with Gasteiger partial charge in [-0.05, 0) is 42.5 Å². The number of carboxylic acids is 2. The van der Waals surface area contributed by atoms with Crippen LogP contribution in [0.2, 0.25) is 0 Å². The van der Waals surface area contributed by atoms with E-state index in [9.17, 15) is 37.0 Å². The fourth-order valence-corrected chi connectivity index (χ4v) is 4.46. The molecular weight excluding hydrogens is 493 g/mol. The van der Waals surface area contributed by atoms with E-state index < -0.39 is 41.4 Å². The molecule has 0 amide bonds. The number of fused-ring (bicyclic) bond motifs is 2. The van der Waals surface area contributed by atoms with Gasteiger partial charge in [0, 0.05) is 25.2 Å². The first-order valence-electron chi connectivity index (χ1n) is 11.0. The van der Waals surface area contributed by atoms with E-state index in [0.29, 0.717) is 19.7 Å². The van der Waals surface area contributed by atoms with Gasteiger partial charge < -0.3 is 25.0 Å². The Bertz CT molecular complexity index is 1110. The smallest absolute Gasteiger partial charge is 0.490 e. The Kier molecular flexibility index (Phi) is 8.19. The highest BCUT2D eigenvalue weighted by Gasteiger charge is 2.43. The lowest BCUT2D eigenvalue weighted by Gasteiger charge is -2.40. The van der Waals surface area contributed by atoms with Gasteiger partial charge in [0.05, 0.1) is 18.1 Å². The van der Waals surface area contributed by atoms with E-state index in [1.54, 1.807) is 0 Å². The van der Waals surface area contributed by atoms with Gasteiger partial charge in [-0.2, -0.15) is 13.2 Å². The number of carboxylic acid groups (broad SMARTS) is 2. The Morgan fingerprint density at radius 1 is 1.06 bits per heavy atom. The number of phenols is 1. The standard InChI is InChI=1S/C22H23F2NO4.C2HF3O2/c23-18-5-6-19(26)20(24)16(18)11-15(21(27)28)12-25-9-7-22(8-10-25)17-4-2-1-3-14(17)13-29-22;3-2(4,5)1(6)7/h1-6,15,26H,7-13H2,(H,27,28);(H,6,7). The van der Waals surface area contributed by atoms with Crippen LogP contribution in [-0.2, 0) is 33.0 Å². The van der Waals surface area contributed by atoms with E-state index in [4.69, 9.17) is 14.6 Å². The van der Waals surface area contributed by atoms with Crippen molar-refractivity contribution in [2.75, 3.05) is 19.6 Å². The minimum absolute atomic E-state index is 0.182. The van der Waals surface area contributed by atoms with Crippen molar-refractivity contribution in [3.05, 3.63) is 64.7 Å². The summed E-state index contributed by atoms with van der Waals surface area (Å²) in [6.45, 7) is 2.05. The SMILES string of the molecule is O=C(O)C(Cc1c(F)ccc(O)c1F)CN1CCC2(CC1)OCc1ccccc12.O=C(O)C(F)(F)F. The van der Waals surface area contributed by atoms with Crippen LogP contribution in [-0.4, -0.2) is 58.0 Å². The van der Waals surface area contributed by atoms with E-state index >= 15 is 0 Å². The molecule has 0 aromatic heterocycles. The summed E-state index contributed by atoms with van der Waals surface area (Å²) in [5, 5.41) is 26.2. The van der Waals surface area contributed by atoms with Crippen LogP contribution in [0, 0.1) is 17.6 Å². The van der Waals surface area contributed by atoms with Gasteiger partial charge in [-0.15, -0.1) is 0 Å². The molecule has 36 heavy (non-hydrogen) atoms. The second-order valence-corrected chi connectivity index (χ2v) is 8.64. The number of rotatable bonds is 5. The maximum Gasteiger partial charge on any atom is 0.490 e. The molecule has 1 atom stereocenters. The molecule has 0 radical (unpaired) electrons. The van der Waals surface area contributed by atoms with Crippen molar-refractivity contribution in [2.45, 2.75) is 37.6 Å². The van der Waals surface area contributed by atoms with Crippen LogP contribution in [0.1, 0.15) is 29.5 Å².